The molecule has 0 fully saturated rings. The van der Waals surface area contributed by atoms with Crippen LogP contribution in [0.2, 0.25) is 5.02 Å². The van der Waals surface area contributed by atoms with E-state index in [1.165, 1.54) is 9.13 Å². The summed E-state index contributed by atoms with van der Waals surface area (Å²) >= 11 is 5.98. The second-order valence-electron chi connectivity index (χ2n) is 7.59. The Morgan fingerprint density at radius 3 is 2.21 bits per heavy atom. The van der Waals surface area contributed by atoms with Crippen molar-refractivity contribution >= 4 is 28.5 Å². The van der Waals surface area contributed by atoms with E-state index >= 15 is 0 Å². The second-order valence-corrected chi connectivity index (χ2v) is 8.03. The third-order valence-corrected chi connectivity index (χ3v) is 5.58. The molecule has 33 heavy (non-hydrogen) atoms. The van der Waals surface area contributed by atoms with E-state index < -0.39 is 11.1 Å². The molecule has 4 aromatic rings. The fourth-order valence-electron chi connectivity index (χ4n) is 3.71. The van der Waals surface area contributed by atoms with Gasteiger partial charge in [0.15, 0.2) is 0 Å². The van der Waals surface area contributed by atoms with Gasteiger partial charge in [-0.3, -0.25) is 23.5 Å². The first-order valence-corrected chi connectivity index (χ1v) is 10.8. The minimum atomic E-state index is -0.598. The summed E-state index contributed by atoms with van der Waals surface area (Å²) in [5.74, 6) is -0.212. The molecule has 7 heteroatoms. The summed E-state index contributed by atoms with van der Waals surface area (Å²) in [7, 11) is 0. The van der Waals surface area contributed by atoms with Crippen LogP contribution >= 0.6 is 11.6 Å². The van der Waals surface area contributed by atoms with Crippen LogP contribution in [0.4, 0.5) is 0 Å². The molecule has 0 aliphatic carbocycles. The van der Waals surface area contributed by atoms with Gasteiger partial charge in [-0.15, -0.1) is 6.58 Å². The van der Waals surface area contributed by atoms with Crippen molar-refractivity contribution in [3.8, 4) is 0 Å². The fraction of sp³-hybridized carbons (Fsp3) is 0.115. The van der Waals surface area contributed by atoms with Gasteiger partial charge in [-0.1, -0.05) is 54.1 Å². The number of aromatic nitrogens is 2. The second kappa shape index (κ2) is 9.71. The van der Waals surface area contributed by atoms with Crippen LogP contribution in [0.15, 0.2) is 95.0 Å². The van der Waals surface area contributed by atoms with E-state index in [0.717, 1.165) is 11.1 Å². The molecule has 1 N–H and O–H groups in total. The molecule has 0 bridgehead atoms. The highest BCUT2D eigenvalue weighted by Gasteiger charge is 2.13. The number of benzene rings is 3. The highest BCUT2D eigenvalue weighted by atomic mass is 35.5. The summed E-state index contributed by atoms with van der Waals surface area (Å²) < 4.78 is 2.89. The molecule has 0 atom stereocenters. The topological polar surface area (TPSA) is 73.1 Å². The maximum absolute atomic E-state index is 12.8. The monoisotopic (exact) mass is 459 g/mol. The van der Waals surface area contributed by atoms with Gasteiger partial charge in [-0.2, -0.15) is 0 Å². The summed E-state index contributed by atoms with van der Waals surface area (Å²) in [6, 6.07) is 21.6. The molecule has 3 aromatic carbocycles. The molecule has 166 valence electrons. The normalized spacial score (nSPS) is 10.8. The number of carbonyl (C=O) groups is 1. The van der Waals surface area contributed by atoms with Gasteiger partial charge in [0, 0.05) is 23.7 Å². The van der Waals surface area contributed by atoms with Crippen LogP contribution in [0, 0.1) is 0 Å². The maximum Gasteiger partial charge on any atom is 0.317 e. The lowest BCUT2D eigenvalue weighted by Gasteiger charge is -2.14. The number of amides is 1. The number of allylic oxidation sites excluding steroid dienone is 1. The van der Waals surface area contributed by atoms with Gasteiger partial charge in [0.2, 0.25) is 0 Å². The van der Waals surface area contributed by atoms with E-state index in [-0.39, 0.29) is 19.0 Å². The van der Waals surface area contributed by atoms with Crippen LogP contribution in [0.3, 0.4) is 0 Å². The van der Waals surface area contributed by atoms with Crippen molar-refractivity contribution in [3.63, 3.8) is 0 Å². The van der Waals surface area contributed by atoms with Crippen LogP contribution in [0.5, 0.6) is 0 Å². The van der Waals surface area contributed by atoms with E-state index in [0.29, 0.717) is 28.2 Å². The van der Waals surface area contributed by atoms with Crippen LogP contribution < -0.4 is 16.4 Å². The summed E-state index contributed by atoms with van der Waals surface area (Å²) in [4.78, 5) is 38.0. The number of hydrogen-bond acceptors (Lipinski definition) is 3. The van der Waals surface area contributed by atoms with Gasteiger partial charge in [-0.05, 0) is 47.5 Å². The summed E-state index contributed by atoms with van der Waals surface area (Å²) in [6.45, 7) is 4.51. The molecule has 4 rings (SSSR count). The van der Waals surface area contributed by atoms with Gasteiger partial charge in [0.1, 0.15) is 0 Å². The van der Waals surface area contributed by atoms with E-state index in [2.05, 4.69) is 11.9 Å². The maximum atomic E-state index is 12.8. The summed E-state index contributed by atoms with van der Waals surface area (Å²) in [6.07, 6.45) is 1.59. The van der Waals surface area contributed by atoms with E-state index in [1.807, 2.05) is 36.4 Å². The lowest BCUT2D eigenvalue weighted by Crippen LogP contribution is -2.41. The van der Waals surface area contributed by atoms with Crippen LogP contribution in [0.25, 0.3) is 11.0 Å². The molecule has 6 nitrogen and oxygen atoms in total. The highest BCUT2D eigenvalue weighted by molar-refractivity contribution is 6.30. The minimum absolute atomic E-state index is 0.212. The van der Waals surface area contributed by atoms with Crippen molar-refractivity contribution in [1.82, 2.24) is 14.5 Å². The lowest BCUT2D eigenvalue weighted by molar-refractivity contribution is 0.0951. The lowest BCUT2D eigenvalue weighted by atomic mass is 10.1. The number of nitrogens with one attached hydrogen (secondary N) is 1. The predicted molar refractivity (Wildman–Crippen MR) is 131 cm³/mol. The standard InChI is InChI=1S/C26H22ClN3O3/c1-2-14-29-22-8-3-4-9-23(22)30(26(33)25(29)32)17-18-10-12-20(13-11-18)24(31)28-16-19-6-5-7-21(27)15-19/h2-13,15H,1,14,16-17H2,(H,28,31). The van der Waals surface area contributed by atoms with Gasteiger partial charge in [0.25, 0.3) is 5.91 Å². The molecule has 0 aliphatic rings. The Kier molecular flexibility index (Phi) is 6.56. The number of para-hydroxylation sites is 2. The number of hydrogen-bond donors (Lipinski definition) is 1. The van der Waals surface area contributed by atoms with E-state index in [4.69, 9.17) is 11.6 Å². The van der Waals surface area contributed by atoms with Crippen molar-refractivity contribution < 1.29 is 4.79 Å². The number of rotatable bonds is 7. The van der Waals surface area contributed by atoms with Crippen LogP contribution in [-0.2, 0) is 19.6 Å². The van der Waals surface area contributed by atoms with Gasteiger partial charge in [0.05, 0.1) is 17.6 Å². The number of carbonyl (C=O) groups excluding carboxylic acids is 1. The smallest absolute Gasteiger partial charge is 0.317 e. The zero-order valence-electron chi connectivity index (χ0n) is 17.8. The molecule has 1 aromatic heterocycles. The molecule has 0 aliphatic heterocycles. The van der Waals surface area contributed by atoms with Crippen molar-refractivity contribution in [2.24, 2.45) is 0 Å². The minimum Gasteiger partial charge on any atom is -0.348 e. The van der Waals surface area contributed by atoms with E-state index in [1.54, 1.807) is 42.5 Å². The molecule has 0 unspecified atom stereocenters. The third kappa shape index (κ3) is 4.81. The summed E-state index contributed by atoms with van der Waals surface area (Å²) in [5.41, 5.74) is 2.34. The Balaban J connectivity index is 1.56. The van der Waals surface area contributed by atoms with Crippen molar-refractivity contribution in [2.75, 3.05) is 0 Å². The molecular formula is C26H22ClN3O3. The molecule has 0 radical (unpaired) electrons. The number of nitrogens with zero attached hydrogens (tertiary/aromatic N) is 2. The zero-order chi connectivity index (χ0) is 23.4. The quantitative estimate of drug-likeness (QED) is 0.335. The molecular weight excluding hydrogens is 438 g/mol. The third-order valence-electron chi connectivity index (χ3n) is 5.35. The molecule has 0 saturated carbocycles. The SMILES string of the molecule is C=CCn1c(=O)c(=O)n(Cc2ccc(C(=O)NCc3cccc(Cl)c3)cc2)c2ccccc21. The van der Waals surface area contributed by atoms with Crippen molar-refractivity contribution in [1.29, 1.82) is 0 Å². The first kappa shape index (κ1) is 22.3. The summed E-state index contributed by atoms with van der Waals surface area (Å²) in [5, 5.41) is 3.48. The first-order chi connectivity index (χ1) is 16.0. The first-order valence-electron chi connectivity index (χ1n) is 10.4. The Bertz CT molecular complexity index is 1450. The Morgan fingerprint density at radius 1 is 0.879 bits per heavy atom. The van der Waals surface area contributed by atoms with Crippen LogP contribution in [0.1, 0.15) is 21.5 Å². The van der Waals surface area contributed by atoms with Crippen molar-refractivity contribution in [2.45, 2.75) is 19.6 Å². The highest BCUT2D eigenvalue weighted by Crippen LogP contribution is 2.14. The molecule has 0 saturated heterocycles. The van der Waals surface area contributed by atoms with Gasteiger partial charge >= 0.3 is 11.1 Å². The molecule has 1 heterocycles. The predicted octanol–water partition coefficient (Wildman–Crippen LogP) is 3.98. The average Bonchev–Trinajstić information content (AvgIpc) is 2.83. The fourth-order valence-corrected chi connectivity index (χ4v) is 3.93. The Labute approximate surface area is 195 Å². The largest absolute Gasteiger partial charge is 0.348 e. The molecule has 0 spiro atoms. The molecule has 1 amide bonds. The van der Waals surface area contributed by atoms with E-state index in [9.17, 15) is 14.4 Å². The van der Waals surface area contributed by atoms with Gasteiger partial charge in [-0.25, -0.2) is 0 Å². The Hall–Kier alpha value is -3.90. The van der Waals surface area contributed by atoms with Crippen molar-refractivity contribution in [3.05, 3.63) is 128 Å². The Morgan fingerprint density at radius 2 is 1.55 bits per heavy atom. The number of halogens is 1. The van der Waals surface area contributed by atoms with Crippen LogP contribution in [-0.4, -0.2) is 15.0 Å². The zero-order valence-corrected chi connectivity index (χ0v) is 18.6. The average molecular weight is 460 g/mol. The van der Waals surface area contributed by atoms with Gasteiger partial charge < -0.3 is 5.32 Å². The number of fused-ring (bicyclic) bond motifs is 1.